The van der Waals surface area contributed by atoms with Crippen molar-refractivity contribution in [3.8, 4) is 0 Å². The van der Waals surface area contributed by atoms with E-state index in [-0.39, 0.29) is 29.7 Å². The Morgan fingerprint density at radius 2 is 2.00 bits per heavy atom. The lowest BCUT2D eigenvalue weighted by Crippen LogP contribution is -2.53. The Labute approximate surface area is 170 Å². The topological polar surface area (TPSA) is 73.0 Å². The summed E-state index contributed by atoms with van der Waals surface area (Å²) in [6.45, 7) is 9.12. The van der Waals surface area contributed by atoms with Crippen LogP contribution in [0.25, 0.3) is 0 Å². The molecule has 28 heavy (non-hydrogen) atoms. The standard InChI is InChI=1S/C20H30N4O3S/c1-14(2)19(26)24(13-17-5-4-10-28-17)16-11-18(23(12-16)15(3)25)20(27)22-8-6-21-7-9-22/h4-5,10,14,16,18,21H,6-9,11-13H2,1-3H3. The maximum absolute atomic E-state index is 13.1. The van der Waals surface area contributed by atoms with Crippen LogP contribution in [-0.4, -0.2) is 77.2 Å². The first-order valence-corrected chi connectivity index (χ1v) is 10.9. The number of nitrogens with zero attached hydrogens (tertiary/aromatic N) is 3. The van der Waals surface area contributed by atoms with Crippen LogP contribution in [0.1, 0.15) is 32.1 Å². The molecule has 2 atom stereocenters. The summed E-state index contributed by atoms with van der Waals surface area (Å²) in [5.41, 5.74) is 0. The molecule has 0 bridgehead atoms. The molecule has 3 amide bonds. The van der Waals surface area contributed by atoms with Crippen molar-refractivity contribution in [1.82, 2.24) is 20.0 Å². The predicted molar refractivity (Wildman–Crippen MR) is 109 cm³/mol. The molecule has 2 aliphatic rings. The van der Waals surface area contributed by atoms with E-state index in [1.165, 1.54) is 6.92 Å². The van der Waals surface area contributed by atoms with E-state index in [4.69, 9.17) is 0 Å². The quantitative estimate of drug-likeness (QED) is 0.796. The minimum atomic E-state index is -0.480. The van der Waals surface area contributed by atoms with Crippen LogP contribution in [-0.2, 0) is 20.9 Å². The smallest absolute Gasteiger partial charge is 0.245 e. The van der Waals surface area contributed by atoms with Gasteiger partial charge in [-0.05, 0) is 17.9 Å². The highest BCUT2D eigenvalue weighted by molar-refractivity contribution is 7.09. The third-order valence-corrected chi connectivity index (χ3v) is 6.38. The van der Waals surface area contributed by atoms with Crippen LogP contribution in [0.5, 0.6) is 0 Å². The van der Waals surface area contributed by atoms with Crippen molar-refractivity contribution in [2.45, 2.75) is 45.8 Å². The van der Waals surface area contributed by atoms with Crippen molar-refractivity contribution < 1.29 is 14.4 Å². The fourth-order valence-electron chi connectivity index (χ4n) is 4.01. The van der Waals surface area contributed by atoms with Gasteiger partial charge in [0.25, 0.3) is 0 Å². The van der Waals surface area contributed by atoms with Gasteiger partial charge in [-0.1, -0.05) is 19.9 Å². The highest BCUT2D eigenvalue weighted by Crippen LogP contribution is 2.27. The number of likely N-dealkylation sites (tertiary alicyclic amines) is 1. The predicted octanol–water partition coefficient (Wildman–Crippen LogP) is 1.15. The van der Waals surface area contributed by atoms with Crippen molar-refractivity contribution in [3.05, 3.63) is 22.4 Å². The van der Waals surface area contributed by atoms with E-state index in [2.05, 4.69) is 5.32 Å². The number of carbonyl (C=O) groups excluding carboxylic acids is 3. The van der Waals surface area contributed by atoms with Crippen molar-refractivity contribution in [3.63, 3.8) is 0 Å². The van der Waals surface area contributed by atoms with Gasteiger partial charge in [-0.3, -0.25) is 14.4 Å². The molecule has 2 unspecified atom stereocenters. The normalized spacial score (nSPS) is 22.6. The fraction of sp³-hybridized carbons (Fsp3) is 0.650. The summed E-state index contributed by atoms with van der Waals surface area (Å²) in [5.74, 6) is -0.165. The minimum Gasteiger partial charge on any atom is -0.338 e. The molecule has 2 fully saturated rings. The van der Waals surface area contributed by atoms with Gasteiger partial charge >= 0.3 is 0 Å². The number of nitrogens with one attached hydrogen (secondary N) is 1. The Kier molecular flexibility index (Phi) is 6.72. The number of rotatable bonds is 5. The summed E-state index contributed by atoms with van der Waals surface area (Å²) in [6, 6.07) is 3.38. The Balaban J connectivity index is 1.80. The van der Waals surface area contributed by atoms with Crippen LogP contribution in [0, 0.1) is 5.92 Å². The summed E-state index contributed by atoms with van der Waals surface area (Å²) < 4.78 is 0. The minimum absolute atomic E-state index is 0.00673. The van der Waals surface area contributed by atoms with E-state index in [0.29, 0.717) is 32.6 Å². The van der Waals surface area contributed by atoms with Gasteiger partial charge in [-0.2, -0.15) is 0 Å². The van der Waals surface area contributed by atoms with E-state index >= 15 is 0 Å². The number of piperazine rings is 1. The molecule has 0 aromatic carbocycles. The SMILES string of the molecule is CC(=O)N1CC(N(Cc2cccs2)C(=O)C(C)C)CC1C(=O)N1CCNCC1. The van der Waals surface area contributed by atoms with Gasteiger partial charge in [0.05, 0.1) is 12.6 Å². The number of amides is 3. The molecule has 0 radical (unpaired) electrons. The Morgan fingerprint density at radius 1 is 1.29 bits per heavy atom. The molecule has 1 aromatic heterocycles. The second kappa shape index (κ2) is 9.05. The van der Waals surface area contributed by atoms with Gasteiger partial charge in [0.2, 0.25) is 17.7 Å². The van der Waals surface area contributed by atoms with E-state index in [0.717, 1.165) is 18.0 Å². The summed E-state index contributed by atoms with van der Waals surface area (Å²) in [6.07, 6.45) is 0.506. The van der Waals surface area contributed by atoms with Crippen LogP contribution in [0.3, 0.4) is 0 Å². The Bertz CT molecular complexity index is 700. The van der Waals surface area contributed by atoms with E-state index in [1.54, 1.807) is 16.2 Å². The molecule has 3 heterocycles. The van der Waals surface area contributed by atoms with Gasteiger partial charge in [0.15, 0.2) is 0 Å². The van der Waals surface area contributed by atoms with Crippen molar-refractivity contribution >= 4 is 29.1 Å². The molecule has 154 valence electrons. The van der Waals surface area contributed by atoms with Crippen LogP contribution in [0.2, 0.25) is 0 Å². The molecule has 2 aliphatic heterocycles. The van der Waals surface area contributed by atoms with E-state index < -0.39 is 6.04 Å². The largest absolute Gasteiger partial charge is 0.338 e. The molecule has 8 heteroatoms. The lowest BCUT2D eigenvalue weighted by Gasteiger charge is -2.32. The third kappa shape index (κ3) is 4.55. The first-order chi connectivity index (χ1) is 13.4. The van der Waals surface area contributed by atoms with Crippen LogP contribution in [0.15, 0.2) is 17.5 Å². The van der Waals surface area contributed by atoms with Gasteiger partial charge in [-0.25, -0.2) is 0 Å². The van der Waals surface area contributed by atoms with E-state index in [1.807, 2.05) is 41.2 Å². The maximum atomic E-state index is 13.1. The van der Waals surface area contributed by atoms with Crippen molar-refractivity contribution in [2.24, 2.45) is 5.92 Å². The Hall–Kier alpha value is -1.93. The zero-order chi connectivity index (χ0) is 20.3. The molecule has 1 N–H and O–H groups in total. The molecular weight excluding hydrogens is 376 g/mol. The van der Waals surface area contributed by atoms with Gasteiger partial charge < -0.3 is 20.0 Å². The van der Waals surface area contributed by atoms with Crippen LogP contribution >= 0.6 is 11.3 Å². The zero-order valence-corrected chi connectivity index (χ0v) is 17.7. The van der Waals surface area contributed by atoms with Crippen LogP contribution < -0.4 is 5.32 Å². The van der Waals surface area contributed by atoms with Gasteiger partial charge in [-0.15, -0.1) is 11.3 Å². The summed E-state index contributed by atoms with van der Waals surface area (Å²) in [5, 5.41) is 5.25. The van der Waals surface area contributed by atoms with E-state index in [9.17, 15) is 14.4 Å². The molecule has 0 saturated carbocycles. The van der Waals surface area contributed by atoms with Crippen LogP contribution in [0.4, 0.5) is 0 Å². The first-order valence-electron chi connectivity index (χ1n) is 9.98. The molecule has 1 aromatic rings. The molecule has 7 nitrogen and oxygen atoms in total. The number of hydrogen-bond acceptors (Lipinski definition) is 5. The van der Waals surface area contributed by atoms with Gasteiger partial charge in [0, 0.05) is 50.4 Å². The summed E-state index contributed by atoms with van der Waals surface area (Å²) >= 11 is 1.62. The Morgan fingerprint density at radius 3 is 2.57 bits per heavy atom. The molecular formula is C20H30N4O3S. The summed E-state index contributed by atoms with van der Waals surface area (Å²) in [7, 11) is 0. The average molecular weight is 407 g/mol. The lowest BCUT2D eigenvalue weighted by atomic mass is 10.1. The highest BCUT2D eigenvalue weighted by Gasteiger charge is 2.43. The number of hydrogen-bond donors (Lipinski definition) is 1. The highest BCUT2D eigenvalue weighted by atomic mass is 32.1. The second-order valence-electron chi connectivity index (χ2n) is 7.85. The maximum Gasteiger partial charge on any atom is 0.245 e. The fourth-order valence-corrected chi connectivity index (χ4v) is 4.71. The first kappa shape index (κ1) is 20.8. The molecule has 2 saturated heterocycles. The summed E-state index contributed by atoms with van der Waals surface area (Å²) in [4.78, 5) is 44.8. The van der Waals surface area contributed by atoms with Gasteiger partial charge in [0.1, 0.15) is 6.04 Å². The van der Waals surface area contributed by atoms with Crippen molar-refractivity contribution in [1.29, 1.82) is 0 Å². The monoisotopic (exact) mass is 406 g/mol. The zero-order valence-electron chi connectivity index (χ0n) is 16.9. The third-order valence-electron chi connectivity index (χ3n) is 5.52. The number of thiophene rings is 1. The second-order valence-corrected chi connectivity index (χ2v) is 8.88. The number of carbonyl (C=O) groups is 3. The lowest BCUT2D eigenvalue weighted by molar-refractivity contribution is -0.143. The molecule has 0 spiro atoms. The molecule has 0 aliphatic carbocycles. The molecule has 3 rings (SSSR count). The average Bonchev–Trinajstić information content (AvgIpc) is 3.35. The van der Waals surface area contributed by atoms with Crippen molar-refractivity contribution in [2.75, 3.05) is 32.7 Å².